The van der Waals surface area contributed by atoms with E-state index in [-0.39, 0.29) is 12.5 Å². The number of carboxylic acids is 1. The van der Waals surface area contributed by atoms with Gasteiger partial charge in [-0.2, -0.15) is 0 Å². The molecule has 0 bridgehead atoms. The average molecular weight is 131 g/mol. The normalized spacial score (nSPS) is 13.1. The molecule has 0 aliphatic carbocycles. The summed E-state index contributed by atoms with van der Waals surface area (Å²) in [6.45, 7) is 1.99. The van der Waals surface area contributed by atoms with Crippen LogP contribution in [0.25, 0.3) is 0 Å². The summed E-state index contributed by atoms with van der Waals surface area (Å²) in [5.74, 6) is -0.809. The van der Waals surface area contributed by atoms with Crippen LogP contribution >= 0.6 is 0 Å². The summed E-state index contributed by atoms with van der Waals surface area (Å²) in [4.78, 5) is 10.0. The van der Waals surface area contributed by atoms with E-state index >= 15 is 0 Å². The average Bonchev–Trinajstić information content (AvgIpc) is 1.63. The quantitative estimate of drug-likeness (QED) is 0.587. The van der Waals surface area contributed by atoms with E-state index in [4.69, 9.17) is 10.8 Å². The van der Waals surface area contributed by atoms with E-state index in [0.717, 1.165) is 12.8 Å². The Morgan fingerprint density at radius 1 is 1.78 bits per heavy atom. The van der Waals surface area contributed by atoms with Crippen LogP contribution in [0.15, 0.2) is 0 Å². The van der Waals surface area contributed by atoms with E-state index < -0.39 is 5.97 Å². The molecule has 0 aliphatic heterocycles. The lowest BCUT2D eigenvalue weighted by atomic mass is 10.1. The molecule has 1 atom stereocenters. The van der Waals surface area contributed by atoms with Crippen molar-refractivity contribution in [2.75, 3.05) is 0 Å². The fraction of sp³-hybridized carbons (Fsp3) is 0.833. The van der Waals surface area contributed by atoms with Crippen molar-refractivity contribution in [3.8, 4) is 0 Å². The smallest absolute Gasteiger partial charge is 0.304 e. The molecule has 0 aromatic heterocycles. The molecular weight excluding hydrogens is 118 g/mol. The first kappa shape index (κ1) is 8.43. The second-order valence-electron chi connectivity index (χ2n) is 2.15. The van der Waals surface area contributed by atoms with Gasteiger partial charge in [-0.25, -0.2) is 0 Å². The fourth-order valence-corrected chi connectivity index (χ4v) is 0.697. The molecule has 0 heterocycles. The minimum absolute atomic E-state index is 0.0911. The predicted octanol–water partition coefficient (Wildman–Crippen LogP) is 0.589. The van der Waals surface area contributed by atoms with Crippen molar-refractivity contribution in [1.82, 2.24) is 0 Å². The molecule has 3 nitrogen and oxygen atoms in total. The molecule has 0 spiro atoms. The van der Waals surface area contributed by atoms with Gasteiger partial charge in [-0.15, -0.1) is 0 Å². The summed E-state index contributed by atoms with van der Waals surface area (Å²) >= 11 is 0. The molecule has 0 fully saturated rings. The molecule has 3 heteroatoms. The Bertz CT molecular complexity index is 93.1. The van der Waals surface area contributed by atoms with Crippen molar-refractivity contribution in [3.63, 3.8) is 0 Å². The topological polar surface area (TPSA) is 63.3 Å². The highest BCUT2D eigenvalue weighted by atomic mass is 16.4. The lowest BCUT2D eigenvalue weighted by Gasteiger charge is -2.04. The van der Waals surface area contributed by atoms with Gasteiger partial charge in [0.1, 0.15) is 0 Å². The molecule has 0 rings (SSSR count). The van der Waals surface area contributed by atoms with Crippen molar-refractivity contribution in [3.05, 3.63) is 0 Å². The standard InChI is InChI=1S/C6H13NO2/c1-2-3-5(7)4-6(8)9/h5H,2-4,7H2,1H3,(H,8,9). The zero-order chi connectivity index (χ0) is 7.28. The number of hydrogen-bond donors (Lipinski definition) is 2. The molecule has 54 valence electrons. The predicted molar refractivity (Wildman–Crippen MR) is 35.1 cm³/mol. The number of rotatable bonds is 4. The van der Waals surface area contributed by atoms with Crippen LogP contribution < -0.4 is 5.73 Å². The SMILES string of the molecule is CCCC(N)CC(=O)O. The van der Waals surface area contributed by atoms with E-state index in [1.165, 1.54) is 0 Å². The lowest BCUT2D eigenvalue weighted by molar-refractivity contribution is -0.137. The molecule has 0 aliphatic rings. The van der Waals surface area contributed by atoms with Crippen molar-refractivity contribution in [2.45, 2.75) is 32.2 Å². The van der Waals surface area contributed by atoms with Gasteiger partial charge in [-0.1, -0.05) is 13.3 Å². The Labute approximate surface area is 54.9 Å². The van der Waals surface area contributed by atoms with Crippen LogP contribution in [0.2, 0.25) is 0 Å². The summed E-state index contributed by atoms with van der Waals surface area (Å²) < 4.78 is 0. The van der Waals surface area contributed by atoms with Gasteiger partial charge in [-0.05, 0) is 6.42 Å². The fourth-order valence-electron chi connectivity index (χ4n) is 0.697. The first-order valence-corrected chi connectivity index (χ1v) is 3.14. The van der Waals surface area contributed by atoms with Gasteiger partial charge in [0.05, 0.1) is 6.42 Å². The van der Waals surface area contributed by atoms with E-state index in [1.54, 1.807) is 0 Å². The van der Waals surface area contributed by atoms with Gasteiger partial charge in [0.25, 0.3) is 0 Å². The number of aliphatic carboxylic acids is 1. The molecule has 0 aromatic carbocycles. The molecular formula is C6H13NO2. The summed E-state index contributed by atoms with van der Waals surface area (Å²) in [5.41, 5.74) is 5.40. The minimum Gasteiger partial charge on any atom is -0.481 e. The van der Waals surface area contributed by atoms with Crippen molar-refractivity contribution in [2.24, 2.45) is 5.73 Å². The highest BCUT2D eigenvalue weighted by Crippen LogP contribution is 1.96. The highest BCUT2D eigenvalue weighted by Gasteiger charge is 2.04. The summed E-state index contributed by atoms with van der Waals surface area (Å²) in [7, 11) is 0. The van der Waals surface area contributed by atoms with Crippen LogP contribution in [0, 0.1) is 0 Å². The van der Waals surface area contributed by atoms with Gasteiger partial charge in [0.15, 0.2) is 0 Å². The summed E-state index contributed by atoms with van der Waals surface area (Å²) in [6.07, 6.45) is 1.84. The second kappa shape index (κ2) is 4.32. The molecule has 9 heavy (non-hydrogen) atoms. The van der Waals surface area contributed by atoms with Crippen LogP contribution in [0.1, 0.15) is 26.2 Å². The van der Waals surface area contributed by atoms with Crippen molar-refractivity contribution >= 4 is 5.97 Å². The van der Waals surface area contributed by atoms with Crippen LogP contribution in [-0.2, 0) is 4.79 Å². The van der Waals surface area contributed by atoms with E-state index in [9.17, 15) is 4.79 Å². The Balaban J connectivity index is 3.26. The van der Waals surface area contributed by atoms with Gasteiger partial charge in [0, 0.05) is 6.04 Å². The van der Waals surface area contributed by atoms with Crippen LogP contribution in [0.4, 0.5) is 0 Å². The second-order valence-corrected chi connectivity index (χ2v) is 2.15. The first-order valence-electron chi connectivity index (χ1n) is 3.14. The van der Waals surface area contributed by atoms with Gasteiger partial charge >= 0.3 is 5.97 Å². The third-order valence-electron chi connectivity index (χ3n) is 1.10. The molecule has 3 N–H and O–H groups in total. The Kier molecular flexibility index (Phi) is 4.05. The number of nitrogens with two attached hydrogens (primary N) is 1. The third kappa shape index (κ3) is 5.30. The molecule has 0 saturated heterocycles. The monoisotopic (exact) mass is 131 g/mol. The van der Waals surface area contributed by atoms with Gasteiger partial charge in [-0.3, -0.25) is 4.79 Å². The lowest BCUT2D eigenvalue weighted by Crippen LogP contribution is -2.22. The van der Waals surface area contributed by atoms with Crippen LogP contribution in [0.5, 0.6) is 0 Å². The van der Waals surface area contributed by atoms with E-state index in [0.29, 0.717) is 0 Å². The minimum atomic E-state index is -0.809. The summed E-state index contributed by atoms with van der Waals surface area (Å²) in [5, 5.41) is 8.23. The van der Waals surface area contributed by atoms with E-state index in [2.05, 4.69) is 0 Å². The molecule has 0 saturated carbocycles. The largest absolute Gasteiger partial charge is 0.481 e. The van der Waals surface area contributed by atoms with Crippen LogP contribution in [-0.4, -0.2) is 17.1 Å². The summed E-state index contributed by atoms with van der Waals surface area (Å²) in [6, 6.07) is -0.160. The number of carbonyl (C=O) groups is 1. The van der Waals surface area contributed by atoms with Crippen molar-refractivity contribution in [1.29, 1.82) is 0 Å². The number of carboxylic acid groups (broad SMARTS) is 1. The molecule has 0 aromatic rings. The maximum absolute atomic E-state index is 10.0. The number of hydrogen-bond acceptors (Lipinski definition) is 2. The van der Waals surface area contributed by atoms with Crippen molar-refractivity contribution < 1.29 is 9.90 Å². The zero-order valence-corrected chi connectivity index (χ0v) is 5.63. The Hall–Kier alpha value is -0.570. The van der Waals surface area contributed by atoms with Crippen LogP contribution in [0.3, 0.4) is 0 Å². The van der Waals surface area contributed by atoms with Gasteiger partial charge in [0.2, 0.25) is 0 Å². The Morgan fingerprint density at radius 2 is 2.33 bits per heavy atom. The third-order valence-corrected chi connectivity index (χ3v) is 1.10. The molecule has 0 amide bonds. The first-order chi connectivity index (χ1) is 4.16. The van der Waals surface area contributed by atoms with E-state index in [1.807, 2.05) is 6.92 Å². The molecule has 1 unspecified atom stereocenters. The maximum atomic E-state index is 10.0. The van der Waals surface area contributed by atoms with Gasteiger partial charge < -0.3 is 10.8 Å². The molecule has 0 radical (unpaired) electrons. The zero-order valence-electron chi connectivity index (χ0n) is 5.63. The highest BCUT2D eigenvalue weighted by molar-refractivity contribution is 5.67. The maximum Gasteiger partial charge on any atom is 0.304 e. The Morgan fingerprint density at radius 3 is 2.67 bits per heavy atom.